The van der Waals surface area contributed by atoms with Crippen LogP contribution in [0, 0.1) is 0 Å². The molecule has 1 fully saturated rings. The van der Waals surface area contributed by atoms with Gasteiger partial charge in [-0.25, -0.2) is 0 Å². The second-order valence-electron chi connectivity index (χ2n) is 9.65. The van der Waals surface area contributed by atoms with Crippen molar-refractivity contribution in [2.45, 2.75) is 149 Å². The van der Waals surface area contributed by atoms with E-state index in [9.17, 15) is 0 Å². The van der Waals surface area contributed by atoms with Crippen LogP contribution in [0.5, 0.6) is 0 Å². The molecule has 0 spiro atoms. The molecule has 0 aliphatic carbocycles. The topological polar surface area (TPSA) is 34.3 Å². The quantitative estimate of drug-likeness (QED) is 0.0679. The van der Waals surface area contributed by atoms with Crippen LogP contribution in [0.1, 0.15) is 143 Å². The highest BCUT2D eigenvalue weighted by molar-refractivity contribution is 7.71. The van der Waals surface area contributed by atoms with E-state index in [1.165, 1.54) is 134 Å². The van der Waals surface area contributed by atoms with Crippen molar-refractivity contribution in [2.24, 2.45) is 0 Å². The van der Waals surface area contributed by atoms with E-state index < -0.39 is 13.5 Å². The Bertz CT molecular complexity index is 344. The predicted molar refractivity (Wildman–Crippen MR) is 133 cm³/mol. The Balaban J connectivity index is 2.54. The molecule has 30 heavy (non-hydrogen) atoms. The first-order valence-corrected chi connectivity index (χ1v) is 15.8. The standard InChI is InChI=1S/C26H54O3P/c1-5-8-11-14-17-20-23-30(29-26(4)27-28-26,24-21-18-15-12-9-6-2)25-22-19-16-13-10-7-3/h5-25H2,1-4H3/q+1. The fourth-order valence-corrected chi connectivity index (χ4v) is 8.56. The predicted octanol–water partition coefficient (Wildman–Crippen LogP) is 9.65. The van der Waals surface area contributed by atoms with Gasteiger partial charge in [-0.2, -0.15) is 14.3 Å². The molecule has 1 rings (SSSR count). The summed E-state index contributed by atoms with van der Waals surface area (Å²) in [6.07, 6.45) is 28.3. The van der Waals surface area contributed by atoms with Gasteiger partial charge in [0.25, 0.3) is 0 Å². The molecule has 0 radical (unpaired) electrons. The maximum absolute atomic E-state index is 6.69. The van der Waals surface area contributed by atoms with Gasteiger partial charge in [0.05, 0.1) is 18.5 Å². The molecule has 0 unspecified atom stereocenters. The van der Waals surface area contributed by atoms with E-state index in [0.717, 1.165) is 0 Å². The lowest BCUT2D eigenvalue weighted by atomic mass is 10.1. The zero-order chi connectivity index (χ0) is 22.0. The van der Waals surface area contributed by atoms with Gasteiger partial charge in [0, 0.05) is 6.92 Å². The lowest BCUT2D eigenvalue weighted by molar-refractivity contribution is 0.0850. The minimum atomic E-state index is -1.47. The number of hydrogen-bond donors (Lipinski definition) is 0. The number of hydrogen-bond acceptors (Lipinski definition) is 3. The first kappa shape index (κ1) is 28.3. The van der Waals surface area contributed by atoms with Crippen LogP contribution in [0.2, 0.25) is 0 Å². The molecular weight excluding hydrogens is 391 g/mol. The van der Waals surface area contributed by atoms with Crippen LogP contribution in [-0.2, 0) is 14.3 Å². The monoisotopic (exact) mass is 445 g/mol. The number of rotatable bonds is 23. The van der Waals surface area contributed by atoms with E-state index in [0.29, 0.717) is 0 Å². The van der Waals surface area contributed by atoms with Crippen molar-refractivity contribution in [3.63, 3.8) is 0 Å². The highest BCUT2D eigenvalue weighted by Crippen LogP contribution is 2.66. The summed E-state index contributed by atoms with van der Waals surface area (Å²) in [6.45, 7) is 8.84. The van der Waals surface area contributed by atoms with Crippen molar-refractivity contribution in [1.82, 2.24) is 0 Å². The molecular formula is C26H54O3P+. The summed E-state index contributed by atoms with van der Waals surface area (Å²) < 4.78 is 6.69. The summed E-state index contributed by atoms with van der Waals surface area (Å²) in [5.74, 6) is -0.736. The lowest BCUT2D eigenvalue weighted by Crippen LogP contribution is -2.19. The summed E-state index contributed by atoms with van der Waals surface area (Å²) in [5, 5.41) is 0. The summed E-state index contributed by atoms with van der Waals surface area (Å²) in [6, 6.07) is 0. The Kier molecular flexibility index (Phi) is 16.8. The zero-order valence-electron chi connectivity index (χ0n) is 21.0. The van der Waals surface area contributed by atoms with Crippen LogP contribution in [0.4, 0.5) is 0 Å². The third-order valence-corrected chi connectivity index (χ3v) is 10.5. The molecule has 0 bridgehead atoms. The molecule has 1 saturated heterocycles. The lowest BCUT2D eigenvalue weighted by Gasteiger charge is -2.26. The van der Waals surface area contributed by atoms with Crippen LogP contribution < -0.4 is 0 Å². The van der Waals surface area contributed by atoms with Crippen LogP contribution >= 0.6 is 7.49 Å². The zero-order valence-corrected chi connectivity index (χ0v) is 21.9. The van der Waals surface area contributed by atoms with Crippen molar-refractivity contribution >= 4 is 7.49 Å². The van der Waals surface area contributed by atoms with Crippen LogP contribution in [0.25, 0.3) is 0 Å². The Morgan fingerprint density at radius 2 is 0.800 bits per heavy atom. The second kappa shape index (κ2) is 17.8. The van der Waals surface area contributed by atoms with Gasteiger partial charge < -0.3 is 0 Å². The van der Waals surface area contributed by atoms with E-state index in [-0.39, 0.29) is 0 Å². The van der Waals surface area contributed by atoms with E-state index in [1.54, 1.807) is 0 Å². The highest BCUT2D eigenvalue weighted by atomic mass is 31.2. The molecule has 0 aromatic rings. The normalized spacial score (nSPS) is 15.6. The SMILES string of the molecule is CCCCCCCC[P+](CCCCCCCC)(CCCCCCCC)OC1(C)OO1. The molecule has 180 valence electrons. The molecule has 0 amide bonds. The molecule has 0 atom stereocenters. The van der Waals surface area contributed by atoms with Crippen LogP contribution in [0.15, 0.2) is 0 Å². The van der Waals surface area contributed by atoms with Crippen molar-refractivity contribution in [1.29, 1.82) is 0 Å². The number of unbranched alkanes of at least 4 members (excludes halogenated alkanes) is 15. The molecule has 0 aromatic heterocycles. The van der Waals surface area contributed by atoms with Crippen LogP contribution in [0.3, 0.4) is 0 Å². The third-order valence-electron chi connectivity index (χ3n) is 6.44. The molecule has 0 N–H and O–H groups in total. The fraction of sp³-hybridized carbons (Fsp3) is 1.00. The van der Waals surface area contributed by atoms with Gasteiger partial charge in [0.1, 0.15) is 0 Å². The maximum atomic E-state index is 6.69. The summed E-state index contributed by atoms with van der Waals surface area (Å²) in [5.41, 5.74) is 0. The van der Waals surface area contributed by atoms with Gasteiger partial charge in [-0.3, -0.25) is 0 Å². The maximum Gasteiger partial charge on any atom is 0.369 e. The van der Waals surface area contributed by atoms with E-state index >= 15 is 0 Å². The highest BCUT2D eigenvalue weighted by Gasteiger charge is 2.56. The molecule has 1 heterocycles. The van der Waals surface area contributed by atoms with E-state index in [2.05, 4.69) is 20.8 Å². The van der Waals surface area contributed by atoms with Crippen LogP contribution in [-0.4, -0.2) is 24.5 Å². The molecule has 0 aromatic carbocycles. The first-order valence-electron chi connectivity index (χ1n) is 13.5. The second-order valence-corrected chi connectivity index (χ2v) is 13.3. The molecule has 4 heteroatoms. The minimum Gasteiger partial charge on any atom is -0.169 e. The van der Waals surface area contributed by atoms with Crippen molar-refractivity contribution < 1.29 is 14.3 Å². The molecule has 1 aliphatic rings. The smallest absolute Gasteiger partial charge is 0.169 e. The van der Waals surface area contributed by atoms with E-state index in [1.807, 2.05) is 6.92 Å². The summed E-state index contributed by atoms with van der Waals surface area (Å²) >= 11 is 0. The molecule has 0 saturated carbocycles. The van der Waals surface area contributed by atoms with Gasteiger partial charge in [-0.15, -0.1) is 0 Å². The Morgan fingerprint density at radius 1 is 0.500 bits per heavy atom. The Labute approximate surface area is 189 Å². The first-order chi connectivity index (χ1) is 14.6. The van der Waals surface area contributed by atoms with E-state index in [4.69, 9.17) is 14.3 Å². The third kappa shape index (κ3) is 14.4. The van der Waals surface area contributed by atoms with Gasteiger partial charge in [0.15, 0.2) is 7.49 Å². The fourth-order valence-electron chi connectivity index (χ4n) is 4.45. The molecule has 1 aliphatic heterocycles. The van der Waals surface area contributed by atoms with Gasteiger partial charge in [-0.1, -0.05) is 97.8 Å². The van der Waals surface area contributed by atoms with Crippen molar-refractivity contribution in [3.05, 3.63) is 0 Å². The molecule has 3 nitrogen and oxygen atoms in total. The van der Waals surface area contributed by atoms with Crippen molar-refractivity contribution in [2.75, 3.05) is 18.5 Å². The Morgan fingerprint density at radius 3 is 1.10 bits per heavy atom. The van der Waals surface area contributed by atoms with Gasteiger partial charge >= 0.3 is 5.97 Å². The largest absolute Gasteiger partial charge is 0.369 e. The average Bonchev–Trinajstić information content (AvgIpc) is 3.46. The van der Waals surface area contributed by atoms with Gasteiger partial charge in [-0.05, 0) is 38.5 Å². The Hall–Kier alpha value is 0.310. The minimum absolute atomic E-state index is 0.736. The summed E-state index contributed by atoms with van der Waals surface area (Å²) in [7, 11) is -1.47. The summed E-state index contributed by atoms with van der Waals surface area (Å²) in [4.78, 5) is 10.5. The average molecular weight is 446 g/mol. The van der Waals surface area contributed by atoms with Crippen molar-refractivity contribution in [3.8, 4) is 0 Å². The van der Waals surface area contributed by atoms with Gasteiger partial charge in [0.2, 0.25) is 0 Å².